The lowest BCUT2D eigenvalue weighted by Gasteiger charge is -2.25. The maximum absolute atomic E-state index is 11.2. The van der Waals surface area contributed by atoms with Gasteiger partial charge in [0.2, 0.25) is 0 Å². The zero-order valence-corrected chi connectivity index (χ0v) is 13.4. The second-order valence-corrected chi connectivity index (χ2v) is 7.09. The summed E-state index contributed by atoms with van der Waals surface area (Å²) in [5, 5.41) is 21.0. The molecule has 2 rings (SSSR count). The van der Waals surface area contributed by atoms with Crippen LogP contribution in [-0.4, -0.2) is 36.3 Å². The predicted octanol–water partition coefficient (Wildman–Crippen LogP) is 2.56. The molecule has 0 aliphatic rings. The van der Waals surface area contributed by atoms with Gasteiger partial charge in [-0.3, -0.25) is 4.79 Å². The van der Waals surface area contributed by atoms with Gasteiger partial charge in [-0.15, -0.1) is 16.4 Å². The number of aliphatic carboxylic acids is 1. The third-order valence-corrected chi connectivity index (χ3v) is 3.97. The van der Waals surface area contributed by atoms with Gasteiger partial charge in [0.05, 0.1) is 28.5 Å². The summed E-state index contributed by atoms with van der Waals surface area (Å²) in [4.78, 5) is 16.2. The molecule has 0 radical (unpaired) electrons. The van der Waals surface area contributed by atoms with Crippen molar-refractivity contribution >= 4 is 17.3 Å². The standard InChI is InChI=1S/C13H19N5O2S/c1-8-11(21-7-14-8)12-15-16-17-18(12)9(5-10(19)20)6-13(2,3)4/h7,9H,5-6H2,1-4H3,(H,19,20). The van der Waals surface area contributed by atoms with Gasteiger partial charge in [-0.2, -0.15) is 0 Å². The second kappa shape index (κ2) is 5.88. The summed E-state index contributed by atoms with van der Waals surface area (Å²) in [6.45, 7) is 8.11. The highest BCUT2D eigenvalue weighted by Gasteiger charge is 2.27. The maximum Gasteiger partial charge on any atom is 0.305 e. The van der Waals surface area contributed by atoms with Gasteiger partial charge in [0.15, 0.2) is 5.82 Å². The number of carbonyl (C=O) groups is 1. The van der Waals surface area contributed by atoms with Crippen LogP contribution in [-0.2, 0) is 4.79 Å². The van der Waals surface area contributed by atoms with E-state index >= 15 is 0 Å². The normalized spacial score (nSPS) is 13.3. The first-order valence-electron chi connectivity index (χ1n) is 6.68. The molecule has 2 aromatic rings. The molecule has 0 saturated carbocycles. The number of nitrogens with zero attached hydrogens (tertiary/aromatic N) is 5. The molecule has 0 spiro atoms. The Bertz CT molecular complexity index is 629. The number of carboxylic acids is 1. The van der Waals surface area contributed by atoms with Crippen LogP contribution in [0, 0.1) is 12.3 Å². The van der Waals surface area contributed by atoms with E-state index in [1.54, 1.807) is 10.2 Å². The summed E-state index contributed by atoms with van der Waals surface area (Å²) in [5.74, 6) is -0.266. The van der Waals surface area contributed by atoms with E-state index < -0.39 is 5.97 Å². The number of aromatic nitrogens is 5. The van der Waals surface area contributed by atoms with Crippen molar-refractivity contribution in [2.45, 2.75) is 46.6 Å². The molecule has 1 atom stereocenters. The molecule has 2 heterocycles. The van der Waals surface area contributed by atoms with Gasteiger partial charge in [0.1, 0.15) is 0 Å². The Morgan fingerprint density at radius 2 is 2.19 bits per heavy atom. The maximum atomic E-state index is 11.2. The molecule has 1 unspecified atom stereocenters. The van der Waals surface area contributed by atoms with Crippen LogP contribution in [0.15, 0.2) is 5.51 Å². The third kappa shape index (κ3) is 3.84. The molecule has 114 valence electrons. The number of tetrazole rings is 1. The summed E-state index contributed by atoms with van der Waals surface area (Å²) >= 11 is 1.45. The largest absolute Gasteiger partial charge is 0.481 e. The van der Waals surface area contributed by atoms with Gasteiger partial charge >= 0.3 is 5.97 Å². The summed E-state index contributed by atoms with van der Waals surface area (Å²) in [6.07, 6.45) is 0.669. The number of thiazole rings is 1. The number of hydrogen-bond acceptors (Lipinski definition) is 6. The van der Waals surface area contributed by atoms with Crippen LogP contribution >= 0.6 is 11.3 Å². The van der Waals surface area contributed by atoms with Crippen LogP contribution in [0.4, 0.5) is 0 Å². The third-order valence-electron chi connectivity index (χ3n) is 3.05. The van der Waals surface area contributed by atoms with Crippen molar-refractivity contribution in [3.8, 4) is 10.7 Å². The molecule has 0 saturated heterocycles. The van der Waals surface area contributed by atoms with Gasteiger partial charge in [0, 0.05) is 0 Å². The lowest BCUT2D eigenvalue weighted by molar-refractivity contribution is -0.138. The van der Waals surface area contributed by atoms with Gasteiger partial charge in [0.25, 0.3) is 0 Å². The number of carboxylic acid groups (broad SMARTS) is 1. The first-order chi connectivity index (χ1) is 9.78. The number of hydrogen-bond donors (Lipinski definition) is 1. The molecule has 7 nitrogen and oxygen atoms in total. The number of aryl methyl sites for hydroxylation is 1. The quantitative estimate of drug-likeness (QED) is 0.912. The fourth-order valence-electron chi connectivity index (χ4n) is 2.26. The summed E-state index contributed by atoms with van der Waals surface area (Å²) in [6, 6.07) is -0.283. The van der Waals surface area contributed by atoms with Crippen molar-refractivity contribution in [2.75, 3.05) is 0 Å². The summed E-state index contributed by atoms with van der Waals surface area (Å²) in [5.41, 5.74) is 2.56. The lowest BCUT2D eigenvalue weighted by atomic mass is 9.87. The van der Waals surface area contributed by atoms with E-state index in [1.807, 2.05) is 6.92 Å². The van der Waals surface area contributed by atoms with E-state index in [0.29, 0.717) is 12.2 Å². The molecule has 0 bridgehead atoms. The Morgan fingerprint density at radius 3 is 2.71 bits per heavy atom. The molecule has 0 aliphatic carbocycles. The minimum atomic E-state index is -0.855. The van der Waals surface area contributed by atoms with Crippen molar-refractivity contribution in [3.63, 3.8) is 0 Å². The topological polar surface area (TPSA) is 93.8 Å². The average molecular weight is 309 g/mol. The van der Waals surface area contributed by atoms with E-state index in [0.717, 1.165) is 10.6 Å². The molecule has 1 N–H and O–H groups in total. The van der Waals surface area contributed by atoms with Crippen molar-refractivity contribution in [2.24, 2.45) is 5.41 Å². The first-order valence-corrected chi connectivity index (χ1v) is 7.56. The molecular weight excluding hydrogens is 290 g/mol. The predicted molar refractivity (Wildman–Crippen MR) is 79.0 cm³/mol. The fourth-order valence-corrected chi connectivity index (χ4v) is 3.04. The highest BCUT2D eigenvalue weighted by Crippen LogP contribution is 2.33. The summed E-state index contributed by atoms with van der Waals surface area (Å²) in [7, 11) is 0. The molecule has 2 aromatic heterocycles. The van der Waals surface area contributed by atoms with Crippen LogP contribution < -0.4 is 0 Å². The zero-order valence-electron chi connectivity index (χ0n) is 12.6. The summed E-state index contributed by atoms with van der Waals surface area (Å²) < 4.78 is 1.62. The molecule has 0 fully saturated rings. The Hall–Kier alpha value is -1.83. The van der Waals surface area contributed by atoms with E-state index in [1.165, 1.54) is 11.3 Å². The molecule has 0 amide bonds. The monoisotopic (exact) mass is 309 g/mol. The molecule has 0 aromatic carbocycles. The SMILES string of the molecule is Cc1ncsc1-c1nnnn1C(CC(=O)O)CC(C)(C)C. The average Bonchev–Trinajstić information content (AvgIpc) is 2.93. The zero-order chi connectivity index (χ0) is 15.6. The smallest absolute Gasteiger partial charge is 0.305 e. The van der Waals surface area contributed by atoms with E-state index in [4.69, 9.17) is 5.11 Å². The van der Waals surface area contributed by atoms with E-state index in [9.17, 15) is 4.79 Å². The second-order valence-electron chi connectivity index (χ2n) is 6.23. The Kier molecular flexibility index (Phi) is 4.36. The van der Waals surface area contributed by atoms with Crippen LogP contribution in [0.1, 0.15) is 45.3 Å². The Labute approximate surface area is 127 Å². The van der Waals surface area contributed by atoms with Gasteiger partial charge in [-0.05, 0) is 29.2 Å². The van der Waals surface area contributed by atoms with E-state index in [2.05, 4.69) is 41.3 Å². The molecule has 8 heteroatoms. The van der Waals surface area contributed by atoms with E-state index in [-0.39, 0.29) is 17.9 Å². The van der Waals surface area contributed by atoms with Crippen molar-refractivity contribution in [1.82, 2.24) is 25.2 Å². The molecular formula is C13H19N5O2S. The Balaban J connectivity index is 2.39. The molecule has 21 heavy (non-hydrogen) atoms. The first kappa shape index (κ1) is 15.6. The highest BCUT2D eigenvalue weighted by atomic mass is 32.1. The van der Waals surface area contributed by atoms with Crippen LogP contribution in [0.3, 0.4) is 0 Å². The van der Waals surface area contributed by atoms with Crippen molar-refractivity contribution < 1.29 is 9.90 Å². The Morgan fingerprint density at radius 1 is 1.48 bits per heavy atom. The minimum Gasteiger partial charge on any atom is -0.481 e. The minimum absolute atomic E-state index is 0.00678. The fraction of sp³-hybridized carbons (Fsp3) is 0.615. The number of rotatable bonds is 5. The van der Waals surface area contributed by atoms with Crippen LogP contribution in [0.5, 0.6) is 0 Å². The lowest BCUT2D eigenvalue weighted by Crippen LogP contribution is -2.22. The van der Waals surface area contributed by atoms with Crippen molar-refractivity contribution in [1.29, 1.82) is 0 Å². The van der Waals surface area contributed by atoms with Crippen LogP contribution in [0.2, 0.25) is 0 Å². The van der Waals surface area contributed by atoms with Gasteiger partial charge in [-0.25, -0.2) is 9.67 Å². The van der Waals surface area contributed by atoms with Gasteiger partial charge in [-0.1, -0.05) is 20.8 Å². The highest BCUT2D eigenvalue weighted by molar-refractivity contribution is 7.13. The van der Waals surface area contributed by atoms with Crippen molar-refractivity contribution in [3.05, 3.63) is 11.2 Å². The van der Waals surface area contributed by atoms with Gasteiger partial charge < -0.3 is 5.11 Å². The van der Waals surface area contributed by atoms with Crippen LogP contribution in [0.25, 0.3) is 10.7 Å². The molecule has 0 aliphatic heterocycles.